The molecule has 1 aliphatic heterocycles. The highest BCUT2D eigenvalue weighted by Gasteiger charge is 2.24. The highest BCUT2D eigenvalue weighted by atomic mass is 32.2. The van der Waals surface area contributed by atoms with Crippen LogP contribution < -0.4 is 15.0 Å². The van der Waals surface area contributed by atoms with Gasteiger partial charge in [0.2, 0.25) is 5.91 Å². The van der Waals surface area contributed by atoms with Crippen LogP contribution >= 0.6 is 11.8 Å². The molecule has 0 aliphatic carbocycles. The van der Waals surface area contributed by atoms with Crippen molar-refractivity contribution in [2.75, 3.05) is 26.0 Å². The first kappa shape index (κ1) is 21.0. The smallest absolute Gasteiger partial charge is 0.262 e. The van der Waals surface area contributed by atoms with E-state index in [1.165, 1.54) is 11.8 Å². The van der Waals surface area contributed by atoms with Crippen LogP contribution in [0.4, 0.5) is 0 Å². The van der Waals surface area contributed by atoms with Gasteiger partial charge >= 0.3 is 0 Å². The summed E-state index contributed by atoms with van der Waals surface area (Å²) in [5.41, 5.74) is 0.475. The number of carbonyl (C=O) groups excluding carboxylic acids is 1. The number of aromatic nitrogens is 2. The number of thioether (sulfide) groups is 1. The molecule has 1 aliphatic rings. The largest absolute Gasteiger partial charge is 0.486 e. The maximum atomic E-state index is 12.8. The minimum Gasteiger partial charge on any atom is -0.486 e. The molecule has 4 rings (SSSR count). The Morgan fingerprint density at radius 2 is 2.00 bits per heavy atom. The average Bonchev–Trinajstić information content (AvgIpc) is 2.79. The van der Waals surface area contributed by atoms with Crippen molar-refractivity contribution in [3.63, 3.8) is 0 Å². The normalized spacial score (nSPS) is 14.9. The molecule has 1 atom stereocenters. The Kier molecular flexibility index (Phi) is 6.27. The number of hydrogen-bond donors (Lipinski definition) is 0. The molecule has 7 nitrogen and oxygen atoms in total. The van der Waals surface area contributed by atoms with Crippen molar-refractivity contribution in [2.24, 2.45) is 0 Å². The van der Waals surface area contributed by atoms with Crippen LogP contribution in [0.15, 0.2) is 71.1 Å². The number of nitrogens with zero attached hydrogens (tertiary/aromatic N) is 3. The molecule has 0 bridgehead atoms. The number of fused-ring (bicyclic) bond motifs is 2. The Balaban J connectivity index is 1.42. The average molecular weight is 438 g/mol. The van der Waals surface area contributed by atoms with E-state index in [2.05, 4.69) is 11.6 Å². The zero-order chi connectivity index (χ0) is 21.8. The van der Waals surface area contributed by atoms with Crippen LogP contribution in [-0.2, 0) is 11.3 Å². The van der Waals surface area contributed by atoms with E-state index in [1.807, 2.05) is 36.4 Å². The Labute approximate surface area is 184 Å². The van der Waals surface area contributed by atoms with Crippen LogP contribution in [-0.4, -0.2) is 52.4 Å². The van der Waals surface area contributed by atoms with E-state index in [9.17, 15) is 9.59 Å². The first-order valence-corrected chi connectivity index (χ1v) is 10.9. The van der Waals surface area contributed by atoms with Crippen LogP contribution in [0.25, 0.3) is 10.9 Å². The summed E-state index contributed by atoms with van der Waals surface area (Å²) >= 11 is 1.24. The van der Waals surface area contributed by atoms with Gasteiger partial charge in [0, 0.05) is 13.6 Å². The van der Waals surface area contributed by atoms with Gasteiger partial charge in [0.15, 0.2) is 22.8 Å². The van der Waals surface area contributed by atoms with Crippen molar-refractivity contribution in [1.82, 2.24) is 14.5 Å². The monoisotopic (exact) mass is 437 g/mol. The second-order valence-electron chi connectivity index (χ2n) is 7.18. The van der Waals surface area contributed by atoms with E-state index < -0.39 is 0 Å². The van der Waals surface area contributed by atoms with Gasteiger partial charge in [-0.1, -0.05) is 42.1 Å². The van der Waals surface area contributed by atoms with E-state index >= 15 is 0 Å². The number of para-hydroxylation sites is 3. The maximum absolute atomic E-state index is 12.8. The molecule has 1 aromatic heterocycles. The summed E-state index contributed by atoms with van der Waals surface area (Å²) in [7, 11) is 1.73. The Morgan fingerprint density at radius 1 is 1.26 bits per heavy atom. The van der Waals surface area contributed by atoms with Crippen molar-refractivity contribution in [3.05, 3.63) is 71.5 Å². The van der Waals surface area contributed by atoms with Crippen LogP contribution in [0.2, 0.25) is 0 Å². The van der Waals surface area contributed by atoms with E-state index in [1.54, 1.807) is 34.7 Å². The molecule has 8 heteroatoms. The number of likely N-dealkylation sites (N-methyl/N-ethyl adjacent to an activating group) is 1. The van der Waals surface area contributed by atoms with Crippen LogP contribution in [0.3, 0.4) is 0 Å². The van der Waals surface area contributed by atoms with E-state index in [0.717, 1.165) is 0 Å². The number of ether oxygens (including phenoxy) is 2. The number of allylic oxidation sites excluding steroid dienone is 1. The lowest BCUT2D eigenvalue weighted by Crippen LogP contribution is -2.42. The molecule has 0 N–H and O–H groups in total. The lowest BCUT2D eigenvalue weighted by atomic mass is 10.2. The second-order valence-corrected chi connectivity index (χ2v) is 8.12. The first-order chi connectivity index (χ1) is 15.1. The molecule has 160 valence electrons. The minimum atomic E-state index is -0.244. The molecule has 1 unspecified atom stereocenters. The summed E-state index contributed by atoms with van der Waals surface area (Å²) in [5, 5.41) is 1.04. The van der Waals surface area contributed by atoms with Gasteiger partial charge in [0.25, 0.3) is 5.56 Å². The summed E-state index contributed by atoms with van der Waals surface area (Å²) in [6.45, 7) is 4.84. The predicted molar refractivity (Wildman–Crippen MR) is 121 cm³/mol. The summed E-state index contributed by atoms with van der Waals surface area (Å²) in [6.07, 6.45) is 1.40. The molecule has 0 saturated carbocycles. The Morgan fingerprint density at radius 3 is 2.81 bits per heavy atom. The molecule has 0 fully saturated rings. The number of amides is 1. The van der Waals surface area contributed by atoms with Crippen molar-refractivity contribution >= 4 is 28.6 Å². The molecule has 2 aromatic carbocycles. The number of benzene rings is 2. The van der Waals surface area contributed by atoms with Crippen LogP contribution in [0.5, 0.6) is 11.5 Å². The number of rotatable bonds is 7. The number of hydrogen-bond acceptors (Lipinski definition) is 6. The lowest BCUT2D eigenvalue weighted by Gasteiger charge is -2.29. The topological polar surface area (TPSA) is 73.7 Å². The molecule has 3 aromatic rings. The maximum Gasteiger partial charge on any atom is 0.262 e. The van der Waals surface area contributed by atoms with Gasteiger partial charge in [-0.3, -0.25) is 14.2 Å². The zero-order valence-electron chi connectivity index (χ0n) is 17.2. The standard InChI is InChI=1S/C23H23N3O4S/c1-3-12-26-22(28)17-8-4-5-9-18(17)24-23(26)31-15-21(27)25(2)13-16-14-29-19-10-6-7-11-20(19)30-16/h3-11,16H,1,12-15H2,2H3. The second kappa shape index (κ2) is 9.26. The molecule has 31 heavy (non-hydrogen) atoms. The van der Waals surface area contributed by atoms with Crippen molar-refractivity contribution in [3.8, 4) is 11.5 Å². The zero-order valence-corrected chi connectivity index (χ0v) is 18.0. The van der Waals surface area contributed by atoms with E-state index in [-0.39, 0.29) is 23.3 Å². The third-order valence-corrected chi connectivity index (χ3v) is 5.89. The predicted octanol–water partition coefficient (Wildman–Crippen LogP) is 2.97. The minimum absolute atomic E-state index is 0.0833. The van der Waals surface area contributed by atoms with E-state index in [0.29, 0.717) is 47.3 Å². The SMILES string of the molecule is C=CCn1c(SCC(=O)N(C)CC2COc3ccccc3O2)nc2ccccc2c1=O. The van der Waals surface area contributed by atoms with Gasteiger partial charge < -0.3 is 14.4 Å². The fourth-order valence-electron chi connectivity index (χ4n) is 3.34. The summed E-state index contributed by atoms with van der Waals surface area (Å²) in [6, 6.07) is 14.7. The van der Waals surface area contributed by atoms with Gasteiger partial charge in [0.05, 0.1) is 23.2 Å². The first-order valence-electron chi connectivity index (χ1n) is 9.92. The van der Waals surface area contributed by atoms with Gasteiger partial charge in [-0.15, -0.1) is 6.58 Å². The van der Waals surface area contributed by atoms with Crippen molar-refractivity contribution < 1.29 is 14.3 Å². The number of carbonyl (C=O) groups is 1. The molecular formula is C23H23N3O4S. The summed E-state index contributed by atoms with van der Waals surface area (Å²) in [4.78, 5) is 31.8. The highest BCUT2D eigenvalue weighted by molar-refractivity contribution is 7.99. The van der Waals surface area contributed by atoms with E-state index in [4.69, 9.17) is 9.47 Å². The molecule has 0 spiro atoms. The summed E-state index contributed by atoms with van der Waals surface area (Å²) < 4.78 is 13.2. The molecule has 2 heterocycles. The Hall–Kier alpha value is -3.26. The third-order valence-electron chi connectivity index (χ3n) is 4.93. The van der Waals surface area contributed by atoms with Gasteiger partial charge in [-0.05, 0) is 24.3 Å². The Bertz CT molecular complexity index is 1180. The van der Waals surface area contributed by atoms with Crippen molar-refractivity contribution in [2.45, 2.75) is 17.8 Å². The molecular weight excluding hydrogens is 414 g/mol. The lowest BCUT2D eigenvalue weighted by molar-refractivity contribution is -0.128. The molecule has 0 radical (unpaired) electrons. The van der Waals surface area contributed by atoms with Gasteiger partial charge in [0.1, 0.15) is 6.61 Å². The van der Waals surface area contributed by atoms with Crippen molar-refractivity contribution in [1.29, 1.82) is 0 Å². The summed E-state index contributed by atoms with van der Waals surface area (Å²) in [5.74, 6) is 1.47. The van der Waals surface area contributed by atoms with Crippen LogP contribution in [0.1, 0.15) is 0 Å². The van der Waals surface area contributed by atoms with Gasteiger partial charge in [-0.25, -0.2) is 4.98 Å². The molecule has 1 amide bonds. The van der Waals surface area contributed by atoms with Gasteiger partial charge in [-0.2, -0.15) is 0 Å². The fraction of sp³-hybridized carbons (Fsp3) is 0.261. The fourth-order valence-corrected chi connectivity index (χ4v) is 4.29. The third kappa shape index (κ3) is 4.59. The quantitative estimate of drug-likeness (QED) is 0.321. The van der Waals surface area contributed by atoms with Crippen LogP contribution in [0, 0.1) is 0 Å². The highest BCUT2D eigenvalue weighted by Crippen LogP contribution is 2.31. The molecule has 0 saturated heterocycles.